The van der Waals surface area contributed by atoms with Gasteiger partial charge in [0.1, 0.15) is 9.52 Å². The summed E-state index contributed by atoms with van der Waals surface area (Å²) in [4.78, 5) is 35.2. The third-order valence-electron chi connectivity index (χ3n) is 6.65. The molecule has 0 radical (unpaired) electrons. The van der Waals surface area contributed by atoms with Crippen molar-refractivity contribution in [2.75, 3.05) is 31.1 Å². The average molecular weight is 519 g/mol. The van der Waals surface area contributed by atoms with Crippen molar-refractivity contribution in [2.45, 2.75) is 39.5 Å². The van der Waals surface area contributed by atoms with E-state index in [0.29, 0.717) is 17.9 Å². The Bertz CT molecular complexity index is 1020. The van der Waals surface area contributed by atoms with Gasteiger partial charge in [0.2, 0.25) is 5.91 Å². The van der Waals surface area contributed by atoms with Gasteiger partial charge in [-0.15, -0.1) is 0 Å². The third kappa shape index (κ3) is 3.23. The zero-order valence-corrected chi connectivity index (χ0v) is 19.6. The number of anilines is 1. The average Bonchev–Trinajstić information content (AvgIpc) is 2.99. The lowest BCUT2D eigenvalue weighted by molar-refractivity contribution is -0.142. The summed E-state index contributed by atoms with van der Waals surface area (Å²) in [5.74, 6) is 1.38. The first-order chi connectivity index (χ1) is 14.4. The highest BCUT2D eigenvalue weighted by atomic mass is 127. The normalized spacial score (nSPS) is 21.1. The molecule has 158 valence electrons. The van der Waals surface area contributed by atoms with Crippen molar-refractivity contribution in [3.8, 4) is 0 Å². The minimum atomic E-state index is -0.132. The van der Waals surface area contributed by atoms with Crippen LogP contribution in [0.25, 0.3) is 0 Å². The van der Waals surface area contributed by atoms with E-state index in [1.807, 2.05) is 17.9 Å². The number of hydrogen-bond acceptors (Lipinski definition) is 5. The molecule has 5 rings (SSSR count). The van der Waals surface area contributed by atoms with E-state index in [0.717, 1.165) is 71.8 Å². The molecule has 3 aliphatic rings. The highest BCUT2D eigenvalue weighted by Crippen LogP contribution is 2.33. The van der Waals surface area contributed by atoms with Crippen LogP contribution in [0.3, 0.4) is 0 Å². The van der Waals surface area contributed by atoms with Crippen LogP contribution >= 0.6 is 22.6 Å². The van der Waals surface area contributed by atoms with Gasteiger partial charge in [0.05, 0.1) is 11.3 Å². The number of hydrogen-bond donors (Lipinski definition) is 0. The molecule has 1 amide bonds. The molecule has 2 aromatic rings. The van der Waals surface area contributed by atoms with Crippen LogP contribution in [0.1, 0.15) is 46.9 Å². The highest BCUT2D eigenvalue weighted by Gasteiger charge is 2.37. The zero-order chi connectivity index (χ0) is 21.0. The number of likely N-dealkylation sites (tertiary alicyclic amines) is 1. The Kier molecular flexibility index (Phi) is 5.07. The zero-order valence-electron chi connectivity index (χ0n) is 17.4. The van der Waals surface area contributed by atoms with Crippen LogP contribution in [-0.4, -0.2) is 57.7 Å². The SMILES string of the molecule is Cc1ccnc(N2CCC2)c1C(=O)n1nc(I)c2c1CC(C(=O)N1CC(C)C1)CC2. The Morgan fingerprint density at radius 1 is 1.23 bits per heavy atom. The summed E-state index contributed by atoms with van der Waals surface area (Å²) in [6.45, 7) is 7.69. The van der Waals surface area contributed by atoms with Crippen molar-refractivity contribution in [3.63, 3.8) is 0 Å². The standard InChI is InChI=1S/C22H26IN5O2/c1-13-11-27(12-13)21(29)15-4-5-16-17(10-15)28(25-19(16)23)22(30)18-14(2)6-7-24-20(18)26-8-3-9-26/h6-7,13,15H,3-5,8-12H2,1-2H3. The predicted octanol–water partition coefficient (Wildman–Crippen LogP) is 2.67. The lowest BCUT2D eigenvalue weighted by Crippen LogP contribution is -2.51. The van der Waals surface area contributed by atoms with Gasteiger partial charge in [-0.2, -0.15) is 9.78 Å². The maximum Gasteiger partial charge on any atom is 0.282 e. The number of aryl methyl sites for hydroxylation is 1. The van der Waals surface area contributed by atoms with Gasteiger partial charge < -0.3 is 9.80 Å². The Balaban J connectivity index is 1.47. The van der Waals surface area contributed by atoms with E-state index in [1.54, 1.807) is 10.9 Å². The van der Waals surface area contributed by atoms with Crippen LogP contribution < -0.4 is 4.90 Å². The number of amides is 1. The molecule has 0 spiro atoms. The van der Waals surface area contributed by atoms with Crippen LogP contribution in [0.4, 0.5) is 5.82 Å². The second kappa shape index (κ2) is 7.62. The first-order valence-electron chi connectivity index (χ1n) is 10.7. The van der Waals surface area contributed by atoms with E-state index in [9.17, 15) is 9.59 Å². The van der Waals surface area contributed by atoms with E-state index in [-0.39, 0.29) is 17.7 Å². The van der Waals surface area contributed by atoms with Gasteiger partial charge in [-0.25, -0.2) is 4.98 Å². The molecular weight excluding hydrogens is 493 g/mol. The molecular formula is C22H26IN5O2. The van der Waals surface area contributed by atoms with E-state index in [2.05, 4.69) is 44.5 Å². The summed E-state index contributed by atoms with van der Waals surface area (Å²) in [7, 11) is 0. The van der Waals surface area contributed by atoms with Gasteiger partial charge in [0, 0.05) is 50.3 Å². The number of carbonyl (C=O) groups is 2. The number of rotatable bonds is 3. The van der Waals surface area contributed by atoms with Gasteiger partial charge in [0.25, 0.3) is 5.91 Å². The molecule has 2 saturated heterocycles. The molecule has 1 atom stereocenters. The number of aromatic nitrogens is 3. The molecule has 4 heterocycles. The molecule has 2 aliphatic heterocycles. The Hall–Kier alpha value is -1.97. The van der Waals surface area contributed by atoms with E-state index >= 15 is 0 Å². The number of nitrogens with zero attached hydrogens (tertiary/aromatic N) is 5. The molecule has 2 fully saturated rings. The summed E-state index contributed by atoms with van der Waals surface area (Å²) in [5, 5.41) is 4.62. The second-order valence-corrected chi connectivity index (χ2v) is 9.91. The van der Waals surface area contributed by atoms with Gasteiger partial charge in [-0.05, 0) is 66.3 Å². The summed E-state index contributed by atoms with van der Waals surface area (Å²) < 4.78 is 2.43. The van der Waals surface area contributed by atoms with E-state index in [1.165, 1.54) is 0 Å². The minimum Gasteiger partial charge on any atom is -0.356 e. The molecule has 0 bridgehead atoms. The molecule has 7 nitrogen and oxygen atoms in total. The van der Waals surface area contributed by atoms with Crippen molar-refractivity contribution in [1.82, 2.24) is 19.7 Å². The summed E-state index contributed by atoms with van der Waals surface area (Å²) >= 11 is 2.22. The van der Waals surface area contributed by atoms with Gasteiger partial charge in [-0.1, -0.05) is 6.92 Å². The number of halogens is 1. The van der Waals surface area contributed by atoms with E-state index < -0.39 is 0 Å². The smallest absolute Gasteiger partial charge is 0.282 e. The fourth-order valence-electron chi connectivity index (χ4n) is 4.76. The number of carbonyl (C=O) groups excluding carboxylic acids is 2. The predicted molar refractivity (Wildman–Crippen MR) is 122 cm³/mol. The molecule has 0 saturated carbocycles. The van der Waals surface area contributed by atoms with Crippen LogP contribution in [0.2, 0.25) is 0 Å². The maximum atomic E-state index is 13.7. The van der Waals surface area contributed by atoms with Crippen LogP contribution in [0.15, 0.2) is 12.3 Å². The topological polar surface area (TPSA) is 71.3 Å². The lowest BCUT2D eigenvalue weighted by atomic mass is 9.85. The molecule has 2 aromatic heterocycles. The second-order valence-electron chi connectivity index (χ2n) is 8.89. The Morgan fingerprint density at radius 2 is 2.00 bits per heavy atom. The molecule has 8 heteroatoms. The number of pyridine rings is 1. The first-order valence-corrected chi connectivity index (χ1v) is 11.8. The minimum absolute atomic E-state index is 0.0612. The van der Waals surface area contributed by atoms with Gasteiger partial charge in [-0.3, -0.25) is 9.59 Å². The van der Waals surface area contributed by atoms with Crippen molar-refractivity contribution in [2.24, 2.45) is 11.8 Å². The number of fused-ring (bicyclic) bond motifs is 1. The fraction of sp³-hybridized carbons (Fsp3) is 0.545. The third-order valence-corrected chi connectivity index (χ3v) is 7.52. The fourth-order valence-corrected chi connectivity index (χ4v) is 5.56. The van der Waals surface area contributed by atoms with Crippen LogP contribution in [-0.2, 0) is 17.6 Å². The van der Waals surface area contributed by atoms with Gasteiger partial charge in [0.15, 0.2) is 0 Å². The van der Waals surface area contributed by atoms with Gasteiger partial charge >= 0.3 is 0 Å². The molecule has 30 heavy (non-hydrogen) atoms. The van der Waals surface area contributed by atoms with Crippen molar-refractivity contribution < 1.29 is 9.59 Å². The Labute approximate surface area is 190 Å². The molecule has 0 aromatic carbocycles. The van der Waals surface area contributed by atoms with Crippen molar-refractivity contribution >= 4 is 40.2 Å². The van der Waals surface area contributed by atoms with Crippen molar-refractivity contribution in [1.29, 1.82) is 0 Å². The monoisotopic (exact) mass is 519 g/mol. The lowest BCUT2D eigenvalue weighted by Gasteiger charge is -2.40. The maximum absolute atomic E-state index is 13.7. The quantitative estimate of drug-likeness (QED) is 0.584. The summed E-state index contributed by atoms with van der Waals surface area (Å²) in [6, 6.07) is 1.88. The van der Waals surface area contributed by atoms with Crippen LogP contribution in [0.5, 0.6) is 0 Å². The first kappa shape index (κ1) is 20.0. The largest absolute Gasteiger partial charge is 0.356 e. The highest BCUT2D eigenvalue weighted by molar-refractivity contribution is 14.1. The van der Waals surface area contributed by atoms with E-state index in [4.69, 9.17) is 0 Å². The molecule has 0 N–H and O–H groups in total. The van der Waals surface area contributed by atoms with Crippen LogP contribution in [0, 0.1) is 22.5 Å². The Morgan fingerprint density at radius 3 is 2.67 bits per heavy atom. The summed E-state index contributed by atoms with van der Waals surface area (Å²) in [6.07, 6.45) is 5.10. The molecule has 1 aliphatic carbocycles. The molecule has 1 unspecified atom stereocenters. The van der Waals surface area contributed by atoms with Crippen molar-refractivity contribution in [3.05, 3.63) is 38.3 Å². The summed E-state index contributed by atoms with van der Waals surface area (Å²) in [5.41, 5.74) is 3.57.